The third-order valence-electron chi connectivity index (χ3n) is 6.36. The largest absolute Gasteiger partial charge is 0.497 e. The van der Waals surface area contributed by atoms with Gasteiger partial charge < -0.3 is 9.64 Å². The summed E-state index contributed by atoms with van der Waals surface area (Å²) in [7, 11) is 1.68. The van der Waals surface area contributed by atoms with Crippen LogP contribution in [0.5, 0.6) is 5.75 Å². The summed E-state index contributed by atoms with van der Waals surface area (Å²) in [6, 6.07) is 24.2. The molecule has 5 rings (SSSR count). The third-order valence-corrected chi connectivity index (χ3v) is 6.36. The van der Waals surface area contributed by atoms with Gasteiger partial charge in [-0.15, -0.1) is 0 Å². The summed E-state index contributed by atoms with van der Waals surface area (Å²) in [5.41, 5.74) is 4.90. The number of para-hydroxylation sites is 1. The van der Waals surface area contributed by atoms with Gasteiger partial charge in [0.2, 0.25) is 0 Å². The van der Waals surface area contributed by atoms with Crippen molar-refractivity contribution in [1.82, 2.24) is 19.7 Å². The van der Waals surface area contributed by atoms with Gasteiger partial charge in [0, 0.05) is 56.2 Å². The summed E-state index contributed by atoms with van der Waals surface area (Å²) in [5, 5.41) is 14.5. The summed E-state index contributed by atoms with van der Waals surface area (Å²) < 4.78 is 7.31. The van der Waals surface area contributed by atoms with E-state index in [9.17, 15) is 5.26 Å². The Morgan fingerprint density at radius 1 is 0.943 bits per heavy atom. The van der Waals surface area contributed by atoms with Gasteiger partial charge in [-0.2, -0.15) is 10.4 Å². The van der Waals surface area contributed by atoms with Crippen molar-refractivity contribution in [3.63, 3.8) is 0 Å². The summed E-state index contributed by atoms with van der Waals surface area (Å²) in [6.07, 6.45) is 4.91. The smallest absolute Gasteiger partial charge is 0.146 e. The average Bonchev–Trinajstić information content (AvgIpc) is 3.20. The SMILES string of the molecule is COc1ccc(-c2nn(-c3ccccc3)cc2CN2CCCN(c3ncccc3C#N)CC2)cc1. The number of ether oxygens (including phenoxy) is 1. The molecule has 0 spiro atoms. The van der Waals surface area contributed by atoms with Crippen molar-refractivity contribution in [2.24, 2.45) is 0 Å². The van der Waals surface area contributed by atoms with Crippen LogP contribution in [0.2, 0.25) is 0 Å². The van der Waals surface area contributed by atoms with Crippen LogP contribution in [0.3, 0.4) is 0 Å². The van der Waals surface area contributed by atoms with Crippen molar-refractivity contribution in [3.05, 3.63) is 90.3 Å². The van der Waals surface area contributed by atoms with Crippen molar-refractivity contribution in [2.45, 2.75) is 13.0 Å². The van der Waals surface area contributed by atoms with Crippen LogP contribution in [0.4, 0.5) is 5.82 Å². The van der Waals surface area contributed by atoms with E-state index in [1.54, 1.807) is 13.3 Å². The first-order chi connectivity index (χ1) is 17.2. The zero-order valence-corrected chi connectivity index (χ0v) is 19.8. The Kier molecular flexibility index (Phi) is 6.73. The zero-order valence-electron chi connectivity index (χ0n) is 19.8. The third kappa shape index (κ3) is 5.03. The minimum Gasteiger partial charge on any atom is -0.497 e. The summed E-state index contributed by atoms with van der Waals surface area (Å²) in [4.78, 5) is 9.19. The van der Waals surface area contributed by atoms with Crippen molar-refractivity contribution in [3.8, 4) is 28.8 Å². The van der Waals surface area contributed by atoms with Crippen molar-refractivity contribution >= 4 is 5.82 Å². The lowest BCUT2D eigenvalue weighted by atomic mass is 10.1. The molecule has 7 heteroatoms. The molecule has 7 nitrogen and oxygen atoms in total. The number of hydrogen-bond acceptors (Lipinski definition) is 6. The maximum Gasteiger partial charge on any atom is 0.146 e. The van der Waals surface area contributed by atoms with Gasteiger partial charge in [0.25, 0.3) is 0 Å². The lowest BCUT2D eigenvalue weighted by Crippen LogP contribution is -2.31. The number of nitrogens with zero attached hydrogens (tertiary/aromatic N) is 6. The molecular weight excluding hydrogens is 436 g/mol. The second-order valence-electron chi connectivity index (χ2n) is 8.61. The Morgan fingerprint density at radius 2 is 1.77 bits per heavy atom. The van der Waals surface area contributed by atoms with E-state index >= 15 is 0 Å². The molecule has 3 heterocycles. The molecule has 2 aromatic carbocycles. The zero-order chi connectivity index (χ0) is 24.0. The first-order valence-corrected chi connectivity index (χ1v) is 11.9. The van der Waals surface area contributed by atoms with Gasteiger partial charge in [-0.25, -0.2) is 9.67 Å². The predicted octanol–water partition coefficient (Wildman–Crippen LogP) is 4.53. The van der Waals surface area contributed by atoms with Crippen LogP contribution in [0, 0.1) is 11.3 Å². The number of nitriles is 1. The van der Waals surface area contributed by atoms with E-state index in [1.165, 1.54) is 5.56 Å². The number of benzene rings is 2. The van der Waals surface area contributed by atoms with Crippen LogP contribution in [0.1, 0.15) is 17.5 Å². The van der Waals surface area contributed by atoms with E-state index in [4.69, 9.17) is 9.84 Å². The predicted molar refractivity (Wildman–Crippen MR) is 137 cm³/mol. The van der Waals surface area contributed by atoms with E-state index in [1.807, 2.05) is 47.1 Å². The minimum absolute atomic E-state index is 0.631. The number of pyridine rings is 1. The van der Waals surface area contributed by atoms with Crippen LogP contribution in [0.25, 0.3) is 16.9 Å². The summed E-state index contributed by atoms with van der Waals surface area (Å²) in [5.74, 6) is 1.62. The van der Waals surface area contributed by atoms with Gasteiger partial charge in [-0.3, -0.25) is 4.90 Å². The molecule has 0 atom stereocenters. The Morgan fingerprint density at radius 3 is 2.54 bits per heavy atom. The fourth-order valence-electron chi connectivity index (χ4n) is 4.55. The van der Waals surface area contributed by atoms with Crippen LogP contribution >= 0.6 is 0 Å². The number of aromatic nitrogens is 3. The van der Waals surface area contributed by atoms with Gasteiger partial charge in [0.15, 0.2) is 0 Å². The highest BCUT2D eigenvalue weighted by Gasteiger charge is 2.21. The van der Waals surface area contributed by atoms with Gasteiger partial charge in [-0.1, -0.05) is 18.2 Å². The normalized spacial score (nSPS) is 14.3. The molecule has 0 N–H and O–H groups in total. The maximum absolute atomic E-state index is 9.49. The molecule has 1 aliphatic heterocycles. The molecule has 35 heavy (non-hydrogen) atoms. The molecule has 0 bridgehead atoms. The average molecular weight is 465 g/mol. The van der Waals surface area contributed by atoms with E-state index < -0.39 is 0 Å². The molecule has 1 saturated heterocycles. The van der Waals surface area contributed by atoms with Crippen LogP contribution in [-0.2, 0) is 6.54 Å². The Hall–Kier alpha value is -4.15. The fourth-order valence-corrected chi connectivity index (χ4v) is 4.55. The maximum atomic E-state index is 9.49. The molecule has 0 aliphatic carbocycles. The topological polar surface area (TPSA) is 70.2 Å². The lowest BCUT2D eigenvalue weighted by molar-refractivity contribution is 0.286. The first-order valence-electron chi connectivity index (χ1n) is 11.9. The summed E-state index contributed by atoms with van der Waals surface area (Å²) >= 11 is 0. The van der Waals surface area contributed by atoms with Crippen molar-refractivity contribution in [2.75, 3.05) is 38.2 Å². The first kappa shape index (κ1) is 22.6. The number of hydrogen-bond donors (Lipinski definition) is 0. The molecule has 0 amide bonds. The Balaban J connectivity index is 1.40. The molecular formula is C28H28N6O. The molecule has 4 aromatic rings. The molecule has 0 unspecified atom stereocenters. The van der Waals surface area contributed by atoms with Crippen molar-refractivity contribution < 1.29 is 4.74 Å². The molecule has 1 aliphatic rings. The van der Waals surface area contributed by atoms with Gasteiger partial charge >= 0.3 is 0 Å². The number of anilines is 1. The van der Waals surface area contributed by atoms with Crippen LogP contribution in [-0.4, -0.2) is 53.0 Å². The monoisotopic (exact) mass is 464 g/mol. The minimum atomic E-state index is 0.631. The standard InChI is InChI=1S/C28H28N6O/c1-35-26-12-10-22(11-13-26)27-24(21-34(31-27)25-8-3-2-4-9-25)20-32-15-6-16-33(18-17-32)28-23(19-29)7-5-14-30-28/h2-5,7-14,21H,6,15-18,20H2,1H3. The van der Waals surface area contributed by atoms with Crippen molar-refractivity contribution in [1.29, 1.82) is 5.26 Å². The Labute approximate surface area is 205 Å². The van der Waals surface area contributed by atoms with E-state index in [2.05, 4.69) is 51.3 Å². The highest BCUT2D eigenvalue weighted by Crippen LogP contribution is 2.27. The van der Waals surface area contributed by atoms with Gasteiger partial charge in [0.1, 0.15) is 17.6 Å². The number of methoxy groups -OCH3 is 1. The van der Waals surface area contributed by atoms with E-state index in [-0.39, 0.29) is 0 Å². The van der Waals surface area contributed by atoms with Gasteiger partial charge in [-0.05, 0) is 55.0 Å². The molecule has 1 fully saturated rings. The van der Waals surface area contributed by atoms with E-state index in [0.717, 1.165) is 67.7 Å². The highest BCUT2D eigenvalue weighted by atomic mass is 16.5. The van der Waals surface area contributed by atoms with E-state index in [0.29, 0.717) is 5.56 Å². The van der Waals surface area contributed by atoms with Crippen LogP contribution in [0.15, 0.2) is 79.1 Å². The second kappa shape index (κ2) is 10.4. The molecule has 176 valence electrons. The molecule has 0 saturated carbocycles. The van der Waals surface area contributed by atoms with Crippen LogP contribution < -0.4 is 9.64 Å². The Bertz CT molecular complexity index is 1310. The fraction of sp³-hybridized carbons (Fsp3) is 0.250. The summed E-state index contributed by atoms with van der Waals surface area (Å²) in [6.45, 7) is 4.38. The quantitative estimate of drug-likeness (QED) is 0.418. The number of rotatable bonds is 6. The lowest BCUT2D eigenvalue weighted by Gasteiger charge is -2.23. The molecule has 0 radical (unpaired) electrons. The van der Waals surface area contributed by atoms with Gasteiger partial charge in [0.05, 0.1) is 24.1 Å². The molecule has 2 aromatic heterocycles. The second-order valence-corrected chi connectivity index (χ2v) is 8.61. The highest BCUT2D eigenvalue weighted by molar-refractivity contribution is 5.64.